The molecule has 3 nitrogen and oxygen atoms in total. The molecule has 0 aliphatic carbocycles. The highest BCUT2D eigenvalue weighted by molar-refractivity contribution is 5.57. The second kappa shape index (κ2) is 5.12. The van der Waals surface area contributed by atoms with Gasteiger partial charge in [0.2, 0.25) is 0 Å². The van der Waals surface area contributed by atoms with Crippen LogP contribution in [0.2, 0.25) is 0 Å². The Morgan fingerprint density at radius 1 is 1.18 bits per heavy atom. The summed E-state index contributed by atoms with van der Waals surface area (Å²) in [6.07, 6.45) is -0.231. The van der Waals surface area contributed by atoms with E-state index in [0.717, 1.165) is 5.56 Å². The van der Waals surface area contributed by atoms with E-state index in [4.69, 9.17) is 10.2 Å². The minimum absolute atomic E-state index is 0.288. The summed E-state index contributed by atoms with van der Waals surface area (Å²) in [7, 11) is 0. The molecule has 90 valence electrons. The first-order valence-corrected chi connectivity index (χ1v) is 5.44. The van der Waals surface area contributed by atoms with Gasteiger partial charge in [-0.1, -0.05) is 0 Å². The first-order chi connectivity index (χ1) is 8.20. The lowest BCUT2D eigenvalue weighted by molar-refractivity contribution is 0.144. The van der Waals surface area contributed by atoms with Gasteiger partial charge in [-0.25, -0.2) is 4.39 Å². The summed E-state index contributed by atoms with van der Waals surface area (Å²) >= 11 is 0. The fourth-order valence-electron chi connectivity index (χ4n) is 1.60. The quantitative estimate of drug-likeness (QED) is 0.855. The lowest BCUT2D eigenvalue weighted by Crippen LogP contribution is -2.05. The van der Waals surface area contributed by atoms with Gasteiger partial charge in [-0.15, -0.1) is 0 Å². The summed E-state index contributed by atoms with van der Waals surface area (Å²) in [6, 6.07) is 9.46. The van der Waals surface area contributed by atoms with Gasteiger partial charge in [0.25, 0.3) is 0 Å². The number of halogens is 1. The van der Waals surface area contributed by atoms with Crippen LogP contribution in [-0.2, 0) is 0 Å². The molecule has 1 heterocycles. The molecular weight excluding hydrogens is 221 g/mol. The van der Waals surface area contributed by atoms with Crippen molar-refractivity contribution in [3.8, 4) is 11.3 Å². The van der Waals surface area contributed by atoms with Crippen molar-refractivity contribution in [3.63, 3.8) is 0 Å². The molecule has 3 N–H and O–H groups in total. The van der Waals surface area contributed by atoms with Crippen LogP contribution in [0, 0.1) is 5.82 Å². The molecule has 1 atom stereocenters. The van der Waals surface area contributed by atoms with Gasteiger partial charge in [-0.05, 0) is 49.4 Å². The van der Waals surface area contributed by atoms with Crippen molar-refractivity contribution in [1.82, 2.24) is 0 Å². The third-order valence-electron chi connectivity index (χ3n) is 2.52. The lowest BCUT2D eigenvalue weighted by atomic mass is 10.2. The Bertz CT molecular complexity index is 478. The average Bonchev–Trinajstić information content (AvgIpc) is 2.80. The van der Waals surface area contributed by atoms with Crippen LogP contribution in [0.1, 0.15) is 18.3 Å². The second-order valence-electron chi connectivity index (χ2n) is 3.80. The molecule has 0 spiro atoms. The Morgan fingerprint density at radius 2 is 1.88 bits per heavy atom. The van der Waals surface area contributed by atoms with Crippen molar-refractivity contribution in [2.24, 2.45) is 5.73 Å². The van der Waals surface area contributed by atoms with Gasteiger partial charge in [0.1, 0.15) is 23.4 Å². The van der Waals surface area contributed by atoms with Crippen LogP contribution in [0.3, 0.4) is 0 Å². The fraction of sp³-hybridized carbons (Fsp3) is 0.231. The predicted octanol–water partition coefficient (Wildman–Crippen LogP) is 2.47. The molecule has 0 aliphatic rings. The van der Waals surface area contributed by atoms with Gasteiger partial charge in [0.15, 0.2) is 0 Å². The molecule has 1 aromatic carbocycles. The maximum Gasteiger partial charge on any atom is 0.134 e. The maximum atomic E-state index is 12.8. The topological polar surface area (TPSA) is 59.4 Å². The molecule has 0 saturated carbocycles. The van der Waals surface area contributed by atoms with Crippen LogP contribution >= 0.6 is 0 Å². The van der Waals surface area contributed by atoms with E-state index in [0.29, 0.717) is 24.5 Å². The first kappa shape index (κ1) is 11.8. The lowest BCUT2D eigenvalue weighted by Gasteiger charge is -2.04. The zero-order chi connectivity index (χ0) is 12.3. The smallest absolute Gasteiger partial charge is 0.134 e. The zero-order valence-corrected chi connectivity index (χ0v) is 9.27. The Balaban J connectivity index is 2.20. The van der Waals surface area contributed by atoms with Gasteiger partial charge in [0.05, 0.1) is 0 Å². The minimum atomic E-state index is -0.686. The number of hydrogen-bond acceptors (Lipinski definition) is 3. The van der Waals surface area contributed by atoms with Crippen molar-refractivity contribution in [1.29, 1.82) is 0 Å². The highest BCUT2D eigenvalue weighted by Gasteiger charge is 2.12. The molecule has 0 fully saturated rings. The largest absolute Gasteiger partial charge is 0.458 e. The Labute approximate surface area is 98.7 Å². The van der Waals surface area contributed by atoms with Crippen LogP contribution in [-0.4, -0.2) is 11.7 Å². The second-order valence-corrected chi connectivity index (χ2v) is 3.80. The van der Waals surface area contributed by atoms with E-state index in [9.17, 15) is 9.50 Å². The summed E-state index contributed by atoms with van der Waals surface area (Å²) in [5.41, 5.74) is 6.13. The van der Waals surface area contributed by atoms with Crippen molar-refractivity contribution in [2.45, 2.75) is 12.5 Å². The highest BCUT2D eigenvalue weighted by atomic mass is 19.1. The van der Waals surface area contributed by atoms with E-state index < -0.39 is 6.10 Å². The van der Waals surface area contributed by atoms with Crippen LogP contribution in [0.25, 0.3) is 11.3 Å². The summed E-state index contributed by atoms with van der Waals surface area (Å²) in [6.45, 7) is 0.397. The minimum Gasteiger partial charge on any atom is -0.458 e. The van der Waals surface area contributed by atoms with Crippen molar-refractivity contribution >= 4 is 0 Å². The molecule has 0 unspecified atom stereocenters. The van der Waals surface area contributed by atoms with Crippen molar-refractivity contribution in [3.05, 3.63) is 48.0 Å². The van der Waals surface area contributed by atoms with Gasteiger partial charge in [-0.2, -0.15) is 0 Å². The number of nitrogens with two attached hydrogens (primary N) is 1. The van der Waals surface area contributed by atoms with Crippen LogP contribution < -0.4 is 5.73 Å². The van der Waals surface area contributed by atoms with Crippen LogP contribution in [0.5, 0.6) is 0 Å². The zero-order valence-electron chi connectivity index (χ0n) is 9.27. The van der Waals surface area contributed by atoms with Crippen LogP contribution in [0.15, 0.2) is 40.8 Å². The third-order valence-corrected chi connectivity index (χ3v) is 2.52. The highest BCUT2D eigenvalue weighted by Crippen LogP contribution is 2.26. The van der Waals surface area contributed by atoms with E-state index >= 15 is 0 Å². The Morgan fingerprint density at radius 3 is 2.53 bits per heavy atom. The van der Waals surface area contributed by atoms with Gasteiger partial charge in [0, 0.05) is 5.56 Å². The molecule has 0 bridgehead atoms. The van der Waals surface area contributed by atoms with Crippen LogP contribution in [0.4, 0.5) is 4.39 Å². The van der Waals surface area contributed by atoms with Crippen molar-refractivity contribution in [2.75, 3.05) is 6.54 Å². The molecule has 1 aromatic heterocycles. The molecule has 2 aromatic rings. The molecule has 0 radical (unpaired) electrons. The number of aliphatic hydroxyl groups excluding tert-OH is 1. The van der Waals surface area contributed by atoms with E-state index in [1.165, 1.54) is 12.1 Å². The molecule has 0 aliphatic heterocycles. The van der Waals surface area contributed by atoms with E-state index in [2.05, 4.69) is 0 Å². The molecule has 17 heavy (non-hydrogen) atoms. The molecule has 2 rings (SSSR count). The molecule has 0 amide bonds. The van der Waals surface area contributed by atoms with Crippen molar-refractivity contribution < 1.29 is 13.9 Å². The summed E-state index contributed by atoms with van der Waals surface area (Å²) in [4.78, 5) is 0. The normalized spacial score (nSPS) is 12.6. The average molecular weight is 235 g/mol. The Kier molecular flexibility index (Phi) is 3.56. The number of hydrogen-bond donors (Lipinski definition) is 2. The number of rotatable bonds is 4. The van der Waals surface area contributed by atoms with Gasteiger partial charge < -0.3 is 15.3 Å². The summed E-state index contributed by atoms with van der Waals surface area (Å²) < 4.78 is 18.2. The molecule has 0 saturated heterocycles. The SMILES string of the molecule is NCC[C@H](O)c1ccc(-c2ccc(F)cc2)o1. The van der Waals surface area contributed by atoms with Gasteiger partial charge in [-0.3, -0.25) is 0 Å². The number of furan rings is 1. The number of benzene rings is 1. The number of aliphatic hydroxyl groups is 1. The first-order valence-electron chi connectivity index (χ1n) is 5.44. The third kappa shape index (κ3) is 2.72. The maximum absolute atomic E-state index is 12.8. The van der Waals surface area contributed by atoms with E-state index in [1.54, 1.807) is 24.3 Å². The predicted molar refractivity (Wildman–Crippen MR) is 62.7 cm³/mol. The van der Waals surface area contributed by atoms with E-state index in [-0.39, 0.29) is 5.82 Å². The summed E-state index contributed by atoms with van der Waals surface area (Å²) in [5, 5.41) is 9.69. The molecular formula is C13H14FNO2. The standard InChI is InChI=1S/C13H14FNO2/c14-10-3-1-9(2-4-10)12-5-6-13(17-12)11(16)7-8-15/h1-6,11,16H,7-8,15H2/t11-/m0/s1. The monoisotopic (exact) mass is 235 g/mol. The molecule has 4 heteroatoms. The Hall–Kier alpha value is -1.65. The van der Waals surface area contributed by atoms with E-state index in [1.807, 2.05) is 0 Å². The van der Waals surface area contributed by atoms with Gasteiger partial charge >= 0.3 is 0 Å². The summed E-state index contributed by atoms with van der Waals surface area (Å²) in [5.74, 6) is 0.801. The fourth-order valence-corrected chi connectivity index (χ4v) is 1.60.